The van der Waals surface area contributed by atoms with Crippen molar-refractivity contribution in [3.63, 3.8) is 0 Å². The van der Waals surface area contributed by atoms with Gasteiger partial charge in [-0.15, -0.1) is 0 Å². The molecule has 0 saturated carbocycles. The highest BCUT2D eigenvalue weighted by Crippen LogP contribution is 2.23. The predicted molar refractivity (Wildman–Crippen MR) is 78.9 cm³/mol. The van der Waals surface area contributed by atoms with E-state index in [2.05, 4.69) is 0 Å². The van der Waals surface area contributed by atoms with Crippen molar-refractivity contribution in [2.24, 2.45) is 5.73 Å². The van der Waals surface area contributed by atoms with Crippen LogP contribution < -0.4 is 11.1 Å². The van der Waals surface area contributed by atoms with Crippen LogP contribution in [0.4, 0.5) is 4.79 Å². The SMILES string of the molecule is N#CCn1cc(/C=C(/C#N)C(=O)NC(N)=O)c2ccccc21. The standard InChI is InChI=1S/C15H11N5O2/c16-5-6-20-9-11(12-3-1-2-4-13(12)20)7-10(8-17)14(21)19-15(18)22/h1-4,7,9H,6H2,(H3,18,19,21,22)/b10-7-. The van der Waals surface area contributed by atoms with E-state index in [0.717, 1.165) is 10.9 Å². The Balaban J connectivity index is 2.52. The Morgan fingerprint density at radius 3 is 2.68 bits per heavy atom. The molecule has 0 saturated heterocycles. The van der Waals surface area contributed by atoms with Crippen molar-refractivity contribution in [2.75, 3.05) is 0 Å². The number of para-hydroxylation sites is 1. The Morgan fingerprint density at radius 2 is 2.05 bits per heavy atom. The lowest BCUT2D eigenvalue weighted by Gasteiger charge is -1.98. The summed E-state index contributed by atoms with van der Waals surface area (Å²) in [6.45, 7) is 0.143. The van der Waals surface area contributed by atoms with E-state index in [1.165, 1.54) is 6.08 Å². The average molecular weight is 293 g/mol. The number of amides is 3. The van der Waals surface area contributed by atoms with Gasteiger partial charge in [0.1, 0.15) is 18.2 Å². The third-order valence-electron chi connectivity index (χ3n) is 2.96. The molecule has 1 heterocycles. The molecule has 1 aromatic heterocycles. The monoisotopic (exact) mass is 293 g/mol. The van der Waals surface area contributed by atoms with Crippen LogP contribution in [0.15, 0.2) is 36.0 Å². The van der Waals surface area contributed by atoms with Gasteiger partial charge in [0, 0.05) is 22.7 Å². The highest BCUT2D eigenvalue weighted by Gasteiger charge is 2.13. The molecule has 22 heavy (non-hydrogen) atoms. The van der Waals surface area contributed by atoms with Crippen LogP contribution in [0.1, 0.15) is 5.56 Å². The van der Waals surface area contributed by atoms with Gasteiger partial charge in [0.05, 0.1) is 6.07 Å². The van der Waals surface area contributed by atoms with Crippen LogP contribution in [-0.4, -0.2) is 16.5 Å². The van der Waals surface area contributed by atoms with Crippen molar-refractivity contribution in [2.45, 2.75) is 6.54 Å². The lowest BCUT2D eigenvalue weighted by Crippen LogP contribution is -2.35. The summed E-state index contributed by atoms with van der Waals surface area (Å²) in [5.41, 5.74) is 6.02. The van der Waals surface area contributed by atoms with Gasteiger partial charge in [-0.2, -0.15) is 10.5 Å². The van der Waals surface area contributed by atoms with Crippen molar-refractivity contribution < 1.29 is 9.59 Å². The summed E-state index contributed by atoms with van der Waals surface area (Å²) in [5.74, 6) is -0.868. The van der Waals surface area contributed by atoms with Crippen LogP contribution in [0.25, 0.3) is 17.0 Å². The first-order valence-electron chi connectivity index (χ1n) is 6.24. The van der Waals surface area contributed by atoms with E-state index in [1.807, 2.05) is 35.7 Å². The quantitative estimate of drug-likeness (QED) is 0.652. The highest BCUT2D eigenvalue weighted by molar-refractivity contribution is 6.09. The number of benzene rings is 1. The number of imide groups is 1. The summed E-state index contributed by atoms with van der Waals surface area (Å²) in [4.78, 5) is 22.4. The average Bonchev–Trinajstić information content (AvgIpc) is 2.83. The second-order valence-corrected chi connectivity index (χ2v) is 4.38. The molecule has 0 radical (unpaired) electrons. The Labute approximate surface area is 125 Å². The molecule has 7 nitrogen and oxygen atoms in total. The van der Waals surface area contributed by atoms with Crippen LogP contribution in [0.5, 0.6) is 0 Å². The fourth-order valence-electron chi connectivity index (χ4n) is 2.08. The molecule has 0 spiro atoms. The van der Waals surface area contributed by atoms with Gasteiger partial charge in [-0.25, -0.2) is 4.79 Å². The molecule has 0 atom stereocenters. The summed E-state index contributed by atoms with van der Waals surface area (Å²) < 4.78 is 1.71. The van der Waals surface area contributed by atoms with Crippen LogP contribution in [-0.2, 0) is 11.3 Å². The molecule has 0 bridgehead atoms. The van der Waals surface area contributed by atoms with Crippen molar-refractivity contribution >= 4 is 28.9 Å². The van der Waals surface area contributed by atoms with E-state index < -0.39 is 11.9 Å². The Bertz CT molecular complexity index is 864. The molecule has 0 aliphatic carbocycles. The second-order valence-electron chi connectivity index (χ2n) is 4.38. The summed E-state index contributed by atoms with van der Waals surface area (Å²) in [7, 11) is 0. The van der Waals surface area contributed by atoms with Crippen molar-refractivity contribution in [1.29, 1.82) is 10.5 Å². The lowest BCUT2D eigenvalue weighted by molar-refractivity contribution is -0.115. The maximum atomic E-state index is 11.7. The molecular weight excluding hydrogens is 282 g/mol. The van der Waals surface area contributed by atoms with Gasteiger partial charge in [-0.3, -0.25) is 10.1 Å². The number of nitrogens with one attached hydrogen (secondary N) is 1. The first-order valence-corrected chi connectivity index (χ1v) is 6.24. The van der Waals surface area contributed by atoms with Crippen molar-refractivity contribution in [3.05, 3.63) is 41.6 Å². The minimum absolute atomic E-state index is 0.143. The summed E-state index contributed by atoms with van der Waals surface area (Å²) >= 11 is 0. The van der Waals surface area contributed by atoms with E-state index >= 15 is 0 Å². The molecule has 0 aliphatic heterocycles. The first kappa shape index (κ1) is 14.8. The maximum absolute atomic E-state index is 11.7. The Kier molecular flexibility index (Phi) is 4.21. The Hall–Kier alpha value is -3.58. The smallest absolute Gasteiger partial charge is 0.319 e. The maximum Gasteiger partial charge on any atom is 0.319 e. The zero-order chi connectivity index (χ0) is 16.1. The van der Waals surface area contributed by atoms with Gasteiger partial charge in [0.25, 0.3) is 5.91 Å². The molecule has 108 valence electrons. The second kappa shape index (κ2) is 6.25. The third kappa shape index (κ3) is 2.94. The minimum atomic E-state index is -1.03. The molecule has 3 N–H and O–H groups in total. The van der Waals surface area contributed by atoms with Gasteiger partial charge in [-0.1, -0.05) is 18.2 Å². The van der Waals surface area contributed by atoms with Crippen molar-refractivity contribution in [3.8, 4) is 12.1 Å². The molecule has 0 aliphatic rings. The van der Waals surface area contributed by atoms with Crippen molar-refractivity contribution in [1.82, 2.24) is 9.88 Å². The van der Waals surface area contributed by atoms with Crippen LogP contribution in [0, 0.1) is 22.7 Å². The van der Waals surface area contributed by atoms with Gasteiger partial charge >= 0.3 is 6.03 Å². The fourth-order valence-corrected chi connectivity index (χ4v) is 2.08. The zero-order valence-electron chi connectivity index (χ0n) is 11.4. The number of carbonyl (C=O) groups is 2. The number of primary amides is 1. The van der Waals surface area contributed by atoms with Gasteiger partial charge < -0.3 is 10.3 Å². The van der Waals surface area contributed by atoms with Crippen LogP contribution in [0.3, 0.4) is 0 Å². The largest absolute Gasteiger partial charge is 0.351 e. The van der Waals surface area contributed by atoms with E-state index in [4.69, 9.17) is 16.3 Å². The first-order chi connectivity index (χ1) is 10.6. The number of hydrogen-bond acceptors (Lipinski definition) is 4. The topological polar surface area (TPSA) is 125 Å². The zero-order valence-corrected chi connectivity index (χ0v) is 11.4. The molecule has 2 rings (SSSR count). The molecule has 0 unspecified atom stereocenters. The summed E-state index contributed by atoms with van der Waals surface area (Å²) in [6.07, 6.45) is 3.03. The number of urea groups is 1. The van der Waals surface area contributed by atoms with E-state index in [1.54, 1.807) is 16.8 Å². The number of hydrogen-bond donors (Lipinski definition) is 2. The summed E-state index contributed by atoms with van der Waals surface area (Å²) in [6, 6.07) is 10.0. The highest BCUT2D eigenvalue weighted by atomic mass is 16.2. The number of nitrogens with two attached hydrogens (primary N) is 1. The lowest BCUT2D eigenvalue weighted by atomic mass is 10.1. The number of rotatable bonds is 3. The van der Waals surface area contributed by atoms with E-state index in [9.17, 15) is 9.59 Å². The molecule has 2 aromatic rings. The number of fused-ring (bicyclic) bond motifs is 1. The number of carbonyl (C=O) groups excluding carboxylic acids is 2. The number of nitrogens with zero attached hydrogens (tertiary/aromatic N) is 3. The van der Waals surface area contributed by atoms with E-state index in [0.29, 0.717) is 5.56 Å². The Morgan fingerprint density at radius 1 is 1.32 bits per heavy atom. The molecular formula is C15H11N5O2. The van der Waals surface area contributed by atoms with Gasteiger partial charge in [-0.05, 0) is 12.1 Å². The van der Waals surface area contributed by atoms with E-state index in [-0.39, 0.29) is 12.1 Å². The number of nitriles is 2. The van der Waals surface area contributed by atoms with Gasteiger partial charge in [0.2, 0.25) is 0 Å². The third-order valence-corrected chi connectivity index (χ3v) is 2.96. The molecule has 7 heteroatoms. The predicted octanol–water partition coefficient (Wildman–Crippen LogP) is 1.27. The van der Waals surface area contributed by atoms with Gasteiger partial charge in [0.15, 0.2) is 0 Å². The normalized spacial score (nSPS) is 10.7. The molecule has 0 fully saturated rings. The van der Waals surface area contributed by atoms with Crippen LogP contribution in [0.2, 0.25) is 0 Å². The minimum Gasteiger partial charge on any atom is -0.351 e. The molecule has 3 amide bonds. The molecule has 1 aromatic carbocycles. The number of aromatic nitrogens is 1. The fraction of sp³-hybridized carbons (Fsp3) is 0.0667. The summed E-state index contributed by atoms with van der Waals surface area (Å²) in [5, 5.41) is 20.5. The van der Waals surface area contributed by atoms with Crippen LogP contribution >= 0.6 is 0 Å².